The average molecular weight is 433 g/mol. The molecule has 0 radical (unpaired) electrons. The van der Waals surface area contributed by atoms with Crippen molar-refractivity contribution in [3.05, 3.63) is 85.1 Å². The van der Waals surface area contributed by atoms with Gasteiger partial charge in [-0.1, -0.05) is 23.0 Å². The molecule has 6 aliphatic rings. The summed E-state index contributed by atoms with van der Waals surface area (Å²) in [5, 5.41) is 2.62. The normalized spacial score (nSPS) is 24.8. The molecule has 0 saturated carbocycles. The van der Waals surface area contributed by atoms with Crippen LogP contribution in [0.15, 0.2) is 51.9 Å². The van der Waals surface area contributed by atoms with E-state index in [9.17, 15) is 0 Å². The van der Waals surface area contributed by atoms with E-state index in [-0.39, 0.29) is 0 Å². The monoisotopic (exact) mass is 432 g/mol. The fourth-order valence-corrected chi connectivity index (χ4v) is 7.48. The van der Waals surface area contributed by atoms with Crippen molar-refractivity contribution in [3.8, 4) is 0 Å². The number of hydrogen-bond acceptors (Lipinski definition) is 0. The SMILES string of the molecule is CCC1=C(C)C2=[N+]3C1=Cc1c(C)cc4n1[C@@]31n3c(cc(C)c3=CC3=[N+]1C(=C2)C(CC)=C3C)=C4. The van der Waals surface area contributed by atoms with Crippen LogP contribution in [0.3, 0.4) is 0 Å². The van der Waals surface area contributed by atoms with Crippen LogP contribution in [0.1, 0.15) is 63.1 Å². The molecule has 8 rings (SSSR count). The molecule has 0 saturated heterocycles. The lowest BCUT2D eigenvalue weighted by atomic mass is 10.00. The number of hydrogen-bond donors (Lipinski definition) is 0. The third-order valence-corrected chi connectivity index (χ3v) is 8.81. The fraction of sp³-hybridized carbons (Fsp3) is 0.310. The minimum absolute atomic E-state index is 0.490. The maximum Gasteiger partial charge on any atom is 0.553 e. The molecule has 162 valence electrons. The molecule has 0 bridgehead atoms. The highest BCUT2D eigenvalue weighted by atomic mass is 15.6. The van der Waals surface area contributed by atoms with Gasteiger partial charge in [0.25, 0.3) is 0 Å². The zero-order valence-corrected chi connectivity index (χ0v) is 20.2. The molecule has 0 fully saturated rings. The molecule has 0 N–H and O–H groups in total. The molecule has 1 spiro atoms. The predicted octanol–water partition coefficient (Wildman–Crippen LogP) is 3.60. The van der Waals surface area contributed by atoms with Gasteiger partial charge in [0.1, 0.15) is 0 Å². The van der Waals surface area contributed by atoms with Gasteiger partial charge in [0.2, 0.25) is 22.8 Å². The summed E-state index contributed by atoms with van der Waals surface area (Å²) in [6.45, 7) is 13.8. The van der Waals surface area contributed by atoms with Crippen molar-refractivity contribution in [2.24, 2.45) is 0 Å². The van der Waals surface area contributed by atoms with Crippen molar-refractivity contribution in [1.82, 2.24) is 9.13 Å². The molecule has 0 amide bonds. The first-order chi connectivity index (χ1) is 15.9. The van der Waals surface area contributed by atoms with E-state index in [1.807, 2.05) is 0 Å². The molecule has 33 heavy (non-hydrogen) atoms. The third kappa shape index (κ3) is 1.60. The van der Waals surface area contributed by atoms with E-state index in [1.54, 1.807) is 0 Å². The topological polar surface area (TPSA) is 15.9 Å². The number of allylic oxidation sites excluding steroid dienone is 5. The van der Waals surface area contributed by atoms with Gasteiger partial charge in [-0.2, -0.15) is 9.13 Å². The Morgan fingerprint density at radius 1 is 0.727 bits per heavy atom. The Morgan fingerprint density at radius 2 is 1.36 bits per heavy atom. The van der Waals surface area contributed by atoms with Gasteiger partial charge in [-0.3, -0.25) is 0 Å². The molecular formula is C29H28N4+2. The largest absolute Gasteiger partial charge is 0.553 e. The van der Waals surface area contributed by atoms with Crippen molar-refractivity contribution < 1.29 is 9.15 Å². The van der Waals surface area contributed by atoms with Crippen LogP contribution in [-0.4, -0.2) is 29.7 Å². The van der Waals surface area contributed by atoms with Crippen LogP contribution in [0, 0.1) is 13.8 Å². The number of aryl methyl sites for hydroxylation is 2. The second kappa shape index (κ2) is 5.22. The first kappa shape index (κ1) is 18.1. The summed E-state index contributed by atoms with van der Waals surface area (Å²) in [6, 6.07) is 4.76. The lowest BCUT2D eigenvalue weighted by Gasteiger charge is -2.38. The van der Waals surface area contributed by atoms with Gasteiger partial charge in [-0.25, -0.2) is 0 Å². The van der Waals surface area contributed by atoms with Crippen molar-refractivity contribution in [2.75, 3.05) is 0 Å². The summed E-state index contributed by atoms with van der Waals surface area (Å²) < 4.78 is 10.5. The molecule has 0 aromatic carbocycles. The fourth-order valence-electron chi connectivity index (χ4n) is 7.48. The zero-order chi connectivity index (χ0) is 22.5. The number of nitrogens with zero attached hydrogens (tertiary/aromatic N) is 4. The van der Waals surface area contributed by atoms with Gasteiger partial charge in [0.15, 0.2) is 0 Å². The van der Waals surface area contributed by atoms with Crippen LogP contribution in [0.2, 0.25) is 0 Å². The van der Waals surface area contributed by atoms with Gasteiger partial charge < -0.3 is 0 Å². The zero-order valence-electron chi connectivity index (χ0n) is 20.2. The van der Waals surface area contributed by atoms with E-state index in [0.717, 1.165) is 12.8 Å². The van der Waals surface area contributed by atoms with E-state index in [0.29, 0.717) is 0 Å². The molecule has 4 nitrogen and oxygen atoms in total. The van der Waals surface area contributed by atoms with E-state index in [4.69, 9.17) is 0 Å². The van der Waals surface area contributed by atoms with Crippen molar-refractivity contribution >= 4 is 29.7 Å². The Bertz CT molecular complexity index is 1750. The smallest absolute Gasteiger partial charge is 0.199 e. The minimum atomic E-state index is -0.490. The first-order valence-electron chi connectivity index (χ1n) is 12.3. The Hall–Kier alpha value is -3.40. The highest BCUT2D eigenvalue weighted by Gasteiger charge is 2.72. The molecule has 4 heteroatoms. The third-order valence-electron chi connectivity index (χ3n) is 8.81. The van der Waals surface area contributed by atoms with Crippen LogP contribution < -0.4 is 10.7 Å². The summed E-state index contributed by atoms with van der Waals surface area (Å²) in [5.41, 5.74) is 16.6. The van der Waals surface area contributed by atoms with Crippen LogP contribution in [0.4, 0.5) is 0 Å². The van der Waals surface area contributed by atoms with E-state index >= 15 is 0 Å². The van der Waals surface area contributed by atoms with Gasteiger partial charge >= 0.3 is 5.91 Å². The lowest BCUT2D eigenvalue weighted by Crippen LogP contribution is -2.70. The van der Waals surface area contributed by atoms with Crippen LogP contribution in [0.25, 0.3) is 18.2 Å². The van der Waals surface area contributed by atoms with Crippen molar-refractivity contribution in [1.29, 1.82) is 0 Å². The molecule has 0 unspecified atom stereocenters. The maximum atomic E-state index is 2.65. The van der Waals surface area contributed by atoms with E-state index in [2.05, 4.69) is 96.3 Å². The number of rotatable bonds is 2. The first-order valence-corrected chi connectivity index (χ1v) is 12.3. The van der Waals surface area contributed by atoms with Crippen molar-refractivity contribution in [2.45, 2.75) is 60.3 Å². The Balaban J connectivity index is 1.70. The molecule has 0 aliphatic carbocycles. The standard InChI is InChI=1S/C29H28N4/c1-7-21-18(6)26-14-28-22(8-2)17(5)25-12-23-15(3)9-19-11-20-10-16(4)24-13-27(21)33(26)29(30(19)23,31(20)24)32(25)28/h9-14H,7-8H2,1-6H3/q+2/t29-/m1/s1. The van der Waals surface area contributed by atoms with Crippen LogP contribution in [-0.2, 0) is 5.91 Å². The highest BCUT2D eigenvalue weighted by molar-refractivity contribution is 6.20. The minimum Gasteiger partial charge on any atom is -0.199 e. The maximum absolute atomic E-state index is 2.65. The second-order valence-corrected chi connectivity index (χ2v) is 10.2. The molecule has 8 heterocycles. The summed E-state index contributed by atoms with van der Waals surface area (Å²) >= 11 is 0. The van der Waals surface area contributed by atoms with Gasteiger partial charge in [0.05, 0.1) is 28.2 Å². The van der Waals surface area contributed by atoms with E-state index < -0.39 is 5.91 Å². The Kier molecular flexibility index (Phi) is 2.86. The summed E-state index contributed by atoms with van der Waals surface area (Å²) in [7, 11) is 0. The molecular weight excluding hydrogens is 404 g/mol. The van der Waals surface area contributed by atoms with Crippen molar-refractivity contribution in [3.63, 3.8) is 0 Å². The molecule has 6 aliphatic heterocycles. The Labute approximate surface area is 193 Å². The predicted molar refractivity (Wildman–Crippen MR) is 132 cm³/mol. The van der Waals surface area contributed by atoms with Crippen LogP contribution >= 0.6 is 0 Å². The number of aromatic nitrogens is 2. The molecule has 1 atom stereocenters. The van der Waals surface area contributed by atoms with Gasteiger partial charge in [-0.15, -0.1) is 0 Å². The Morgan fingerprint density at radius 3 is 2.03 bits per heavy atom. The van der Waals surface area contributed by atoms with Crippen LogP contribution in [0.5, 0.6) is 0 Å². The van der Waals surface area contributed by atoms with Gasteiger partial charge in [0, 0.05) is 34.4 Å². The molecule has 2 aromatic heterocycles. The summed E-state index contributed by atoms with van der Waals surface area (Å²) in [4.78, 5) is 0. The summed E-state index contributed by atoms with van der Waals surface area (Å²) in [5.74, 6) is -0.490. The highest BCUT2D eigenvalue weighted by Crippen LogP contribution is 2.50. The summed E-state index contributed by atoms with van der Waals surface area (Å²) in [6.07, 6.45) is 11.8. The average Bonchev–Trinajstić information content (AvgIpc) is 3.46. The van der Waals surface area contributed by atoms with Gasteiger partial charge in [-0.05, 0) is 69.9 Å². The van der Waals surface area contributed by atoms with E-state index in [1.165, 1.54) is 78.3 Å². The second-order valence-electron chi connectivity index (χ2n) is 10.2. The quantitative estimate of drug-likeness (QED) is 0.645. The lowest BCUT2D eigenvalue weighted by molar-refractivity contribution is -0.837. The molecule has 2 aromatic rings.